The lowest BCUT2D eigenvalue weighted by Gasteiger charge is -2.26. The molecule has 0 bridgehead atoms. The van der Waals surface area contributed by atoms with Crippen LogP contribution in [0.4, 0.5) is 5.95 Å². The molecule has 0 unspecified atom stereocenters. The second kappa shape index (κ2) is 4.10. The van der Waals surface area contributed by atoms with Gasteiger partial charge in [-0.15, -0.1) is 10.2 Å². The van der Waals surface area contributed by atoms with E-state index >= 15 is 0 Å². The molecular formula is C10H12N6O. The van der Waals surface area contributed by atoms with Crippen LogP contribution in [0.3, 0.4) is 0 Å². The van der Waals surface area contributed by atoms with Crippen molar-refractivity contribution >= 4 is 5.95 Å². The predicted octanol–water partition coefficient (Wildman–Crippen LogP) is -0.419. The summed E-state index contributed by atoms with van der Waals surface area (Å²) >= 11 is 0. The Balaban J connectivity index is 1.81. The first-order chi connectivity index (χ1) is 8.36. The first-order valence-electron chi connectivity index (χ1n) is 5.40. The molecule has 0 radical (unpaired) electrons. The maximum atomic E-state index is 8.93. The highest BCUT2D eigenvalue weighted by Gasteiger charge is 2.19. The molecule has 0 fully saturated rings. The predicted molar refractivity (Wildman–Crippen MR) is 59.0 cm³/mol. The number of aliphatic hydroxyl groups excluding tert-OH is 1. The minimum absolute atomic E-state index is 0.0331. The van der Waals surface area contributed by atoms with Crippen molar-refractivity contribution in [3.05, 3.63) is 30.1 Å². The van der Waals surface area contributed by atoms with Crippen LogP contribution in [0.15, 0.2) is 18.7 Å². The molecule has 0 saturated carbocycles. The van der Waals surface area contributed by atoms with Gasteiger partial charge in [0, 0.05) is 31.0 Å². The summed E-state index contributed by atoms with van der Waals surface area (Å²) in [5.74, 6) is 1.59. The summed E-state index contributed by atoms with van der Waals surface area (Å²) in [6.45, 7) is 2.31. The Labute approximate surface area is 97.8 Å². The molecule has 1 aliphatic heterocycles. The minimum Gasteiger partial charge on any atom is -0.392 e. The van der Waals surface area contributed by atoms with E-state index in [1.54, 1.807) is 18.7 Å². The van der Waals surface area contributed by atoms with E-state index in [9.17, 15) is 0 Å². The zero-order chi connectivity index (χ0) is 11.7. The second-order valence-electron chi connectivity index (χ2n) is 3.91. The van der Waals surface area contributed by atoms with Crippen LogP contribution in [0.25, 0.3) is 0 Å². The molecule has 88 valence electrons. The van der Waals surface area contributed by atoms with Crippen molar-refractivity contribution < 1.29 is 5.11 Å². The van der Waals surface area contributed by atoms with Crippen LogP contribution < -0.4 is 4.90 Å². The van der Waals surface area contributed by atoms with Gasteiger partial charge in [-0.2, -0.15) is 0 Å². The zero-order valence-electron chi connectivity index (χ0n) is 9.19. The van der Waals surface area contributed by atoms with Crippen molar-refractivity contribution in [1.82, 2.24) is 24.7 Å². The lowest BCUT2D eigenvalue weighted by Crippen LogP contribution is -2.34. The fourth-order valence-electron chi connectivity index (χ4n) is 1.83. The first kappa shape index (κ1) is 10.2. The average Bonchev–Trinajstić information content (AvgIpc) is 2.86. The molecule has 0 aliphatic carbocycles. The van der Waals surface area contributed by atoms with Gasteiger partial charge in [-0.3, -0.25) is 0 Å². The Morgan fingerprint density at radius 2 is 2.06 bits per heavy atom. The summed E-state index contributed by atoms with van der Waals surface area (Å²) in [6, 6.07) is 0. The standard InChI is InChI=1S/C10H12N6O/c17-6-8-3-11-10(12-4-8)15-1-2-16-7-13-14-9(16)5-15/h3-4,7,17H,1-2,5-6H2. The smallest absolute Gasteiger partial charge is 0.225 e. The summed E-state index contributed by atoms with van der Waals surface area (Å²) in [5, 5.41) is 16.8. The third-order valence-electron chi connectivity index (χ3n) is 2.80. The van der Waals surface area contributed by atoms with Crippen LogP contribution in [0.2, 0.25) is 0 Å². The van der Waals surface area contributed by atoms with E-state index in [0.717, 1.165) is 18.9 Å². The molecule has 7 heteroatoms. The van der Waals surface area contributed by atoms with E-state index in [4.69, 9.17) is 5.11 Å². The van der Waals surface area contributed by atoms with E-state index in [0.29, 0.717) is 18.1 Å². The van der Waals surface area contributed by atoms with Gasteiger partial charge in [0.2, 0.25) is 5.95 Å². The van der Waals surface area contributed by atoms with Gasteiger partial charge in [0.1, 0.15) is 6.33 Å². The molecule has 0 aromatic carbocycles. The SMILES string of the molecule is OCc1cnc(N2CCn3cnnc3C2)nc1. The summed E-state index contributed by atoms with van der Waals surface area (Å²) < 4.78 is 2.03. The van der Waals surface area contributed by atoms with Gasteiger partial charge < -0.3 is 14.6 Å². The maximum absolute atomic E-state index is 8.93. The molecule has 1 aliphatic rings. The van der Waals surface area contributed by atoms with E-state index in [1.807, 2.05) is 9.47 Å². The van der Waals surface area contributed by atoms with Crippen molar-refractivity contribution in [3.8, 4) is 0 Å². The summed E-state index contributed by atoms with van der Waals surface area (Å²) in [4.78, 5) is 10.5. The van der Waals surface area contributed by atoms with Gasteiger partial charge in [0.25, 0.3) is 0 Å². The maximum Gasteiger partial charge on any atom is 0.225 e. The van der Waals surface area contributed by atoms with Crippen LogP contribution in [0.1, 0.15) is 11.4 Å². The molecule has 3 rings (SSSR count). The molecule has 3 heterocycles. The lowest BCUT2D eigenvalue weighted by atomic mass is 10.3. The van der Waals surface area contributed by atoms with Gasteiger partial charge in [-0.05, 0) is 0 Å². The number of rotatable bonds is 2. The Bertz CT molecular complexity index is 508. The Hall–Kier alpha value is -2.02. The van der Waals surface area contributed by atoms with Gasteiger partial charge in [0.05, 0.1) is 13.2 Å². The normalized spacial score (nSPS) is 14.8. The number of aliphatic hydroxyl groups is 1. The molecule has 2 aromatic rings. The highest BCUT2D eigenvalue weighted by Crippen LogP contribution is 2.15. The summed E-state index contributed by atoms with van der Waals surface area (Å²) in [6.07, 6.45) is 5.02. The second-order valence-corrected chi connectivity index (χ2v) is 3.91. The third kappa shape index (κ3) is 1.84. The molecule has 2 aromatic heterocycles. The van der Waals surface area contributed by atoms with Crippen LogP contribution >= 0.6 is 0 Å². The number of nitrogens with zero attached hydrogens (tertiary/aromatic N) is 6. The fourth-order valence-corrected chi connectivity index (χ4v) is 1.83. The van der Waals surface area contributed by atoms with Crippen molar-refractivity contribution in [3.63, 3.8) is 0 Å². The molecule has 0 spiro atoms. The molecule has 0 saturated heterocycles. The minimum atomic E-state index is -0.0331. The van der Waals surface area contributed by atoms with Crippen molar-refractivity contribution in [2.45, 2.75) is 19.7 Å². The van der Waals surface area contributed by atoms with E-state index in [1.165, 1.54) is 0 Å². The van der Waals surface area contributed by atoms with E-state index < -0.39 is 0 Å². The van der Waals surface area contributed by atoms with Crippen LogP contribution in [-0.4, -0.2) is 36.4 Å². The fraction of sp³-hybridized carbons (Fsp3) is 0.400. The number of aromatic nitrogens is 5. The number of anilines is 1. The van der Waals surface area contributed by atoms with E-state index in [-0.39, 0.29) is 6.61 Å². The largest absolute Gasteiger partial charge is 0.392 e. The molecule has 7 nitrogen and oxygen atoms in total. The first-order valence-corrected chi connectivity index (χ1v) is 5.40. The Kier molecular flexibility index (Phi) is 2.45. The topological polar surface area (TPSA) is 80.0 Å². The van der Waals surface area contributed by atoms with Crippen molar-refractivity contribution in [1.29, 1.82) is 0 Å². The third-order valence-corrected chi connectivity index (χ3v) is 2.80. The number of fused-ring (bicyclic) bond motifs is 1. The molecule has 17 heavy (non-hydrogen) atoms. The molecule has 1 N–H and O–H groups in total. The highest BCUT2D eigenvalue weighted by atomic mass is 16.3. The highest BCUT2D eigenvalue weighted by molar-refractivity contribution is 5.31. The summed E-state index contributed by atoms with van der Waals surface area (Å²) in [7, 11) is 0. The van der Waals surface area contributed by atoms with Crippen molar-refractivity contribution in [2.24, 2.45) is 0 Å². The quantitative estimate of drug-likeness (QED) is 0.757. The van der Waals surface area contributed by atoms with Crippen LogP contribution in [0.5, 0.6) is 0 Å². The molecule has 0 amide bonds. The van der Waals surface area contributed by atoms with Crippen LogP contribution in [0, 0.1) is 0 Å². The number of hydrogen-bond acceptors (Lipinski definition) is 6. The molecule has 0 atom stereocenters. The Morgan fingerprint density at radius 3 is 2.82 bits per heavy atom. The number of hydrogen-bond donors (Lipinski definition) is 1. The van der Waals surface area contributed by atoms with Crippen LogP contribution in [-0.2, 0) is 19.7 Å². The van der Waals surface area contributed by atoms with Crippen molar-refractivity contribution in [2.75, 3.05) is 11.4 Å². The van der Waals surface area contributed by atoms with Gasteiger partial charge in [-0.25, -0.2) is 9.97 Å². The lowest BCUT2D eigenvalue weighted by molar-refractivity contribution is 0.281. The van der Waals surface area contributed by atoms with E-state index in [2.05, 4.69) is 20.2 Å². The van der Waals surface area contributed by atoms with Gasteiger partial charge in [0.15, 0.2) is 5.82 Å². The monoisotopic (exact) mass is 232 g/mol. The molecular weight excluding hydrogens is 220 g/mol. The Morgan fingerprint density at radius 1 is 1.24 bits per heavy atom. The van der Waals surface area contributed by atoms with Gasteiger partial charge >= 0.3 is 0 Å². The van der Waals surface area contributed by atoms with Gasteiger partial charge in [-0.1, -0.05) is 0 Å². The summed E-state index contributed by atoms with van der Waals surface area (Å²) in [5.41, 5.74) is 0.717. The average molecular weight is 232 g/mol. The zero-order valence-corrected chi connectivity index (χ0v) is 9.19.